The zero-order chi connectivity index (χ0) is 27.3. The van der Waals surface area contributed by atoms with Crippen molar-refractivity contribution in [2.75, 3.05) is 26.7 Å². The molecule has 0 radical (unpaired) electrons. The monoisotopic (exact) mass is 531 g/mol. The van der Waals surface area contributed by atoms with E-state index in [1.165, 1.54) is 27.4 Å². The van der Waals surface area contributed by atoms with Crippen LogP contribution in [0.15, 0.2) is 47.4 Å². The number of rotatable bonds is 5. The first-order chi connectivity index (χ1) is 17.4. The largest absolute Gasteiger partial charge is 0.487 e. The molecule has 3 rings (SSSR count). The number of hydrogen-bond acceptors (Lipinski definition) is 5. The van der Waals surface area contributed by atoms with E-state index in [1.807, 2.05) is 20.8 Å². The van der Waals surface area contributed by atoms with Crippen LogP contribution < -0.4 is 10.1 Å². The Kier molecular flexibility index (Phi) is 9.18. The first kappa shape index (κ1) is 28.4. The number of likely N-dealkylation sites (N-methyl/N-ethyl adjacent to an activating group) is 1. The Balaban J connectivity index is 2.03. The van der Waals surface area contributed by atoms with Gasteiger partial charge in [-0.1, -0.05) is 18.8 Å². The summed E-state index contributed by atoms with van der Waals surface area (Å²) in [5, 5.41) is 12.6. The van der Waals surface area contributed by atoms with Crippen molar-refractivity contribution in [1.29, 1.82) is 0 Å². The molecule has 0 aliphatic carbocycles. The number of nitrogens with zero attached hydrogens (tertiary/aromatic N) is 2. The maximum Gasteiger partial charge on any atom is 0.317 e. The quantitative estimate of drug-likeness (QED) is 0.578. The highest BCUT2D eigenvalue weighted by Gasteiger charge is 2.38. The number of carbonyl (C=O) groups excluding carboxylic acids is 1. The molecule has 10 heteroatoms. The molecule has 0 bridgehead atoms. The summed E-state index contributed by atoms with van der Waals surface area (Å²) in [7, 11) is -2.34. The van der Waals surface area contributed by atoms with Gasteiger partial charge in [-0.25, -0.2) is 17.6 Å². The van der Waals surface area contributed by atoms with Crippen LogP contribution in [0.25, 0.3) is 0 Å². The Morgan fingerprint density at radius 3 is 2.43 bits per heavy atom. The fraction of sp³-hybridized carbons (Fsp3) is 0.444. The third-order valence-corrected chi connectivity index (χ3v) is 8.09. The summed E-state index contributed by atoms with van der Waals surface area (Å²) < 4.78 is 47.9. The van der Waals surface area contributed by atoms with Crippen molar-refractivity contribution in [3.63, 3.8) is 0 Å². The highest BCUT2D eigenvalue weighted by atomic mass is 32.2. The normalized spacial score (nSPS) is 19.9. The Bertz CT molecular complexity index is 1270. The second-order valence-electron chi connectivity index (χ2n) is 9.64. The average Bonchev–Trinajstić information content (AvgIpc) is 2.84. The van der Waals surface area contributed by atoms with Gasteiger partial charge in [-0.2, -0.15) is 4.31 Å². The van der Waals surface area contributed by atoms with Crippen molar-refractivity contribution < 1.29 is 27.4 Å². The zero-order valence-electron chi connectivity index (χ0n) is 21.7. The highest BCUT2D eigenvalue weighted by molar-refractivity contribution is 7.89. The second-order valence-corrected chi connectivity index (χ2v) is 11.5. The number of ether oxygens (including phenoxy) is 1. The minimum atomic E-state index is -3.99. The summed E-state index contributed by atoms with van der Waals surface area (Å²) in [5.41, 5.74) is 1.12. The van der Waals surface area contributed by atoms with E-state index >= 15 is 0 Å². The molecule has 0 unspecified atom stereocenters. The maximum atomic E-state index is 13.6. The number of aliphatic hydroxyl groups is 1. The van der Waals surface area contributed by atoms with Crippen LogP contribution in [0.4, 0.5) is 9.18 Å². The molecule has 0 spiro atoms. The van der Waals surface area contributed by atoms with E-state index in [4.69, 9.17) is 4.74 Å². The number of aliphatic hydroxyl groups excluding tert-OH is 1. The lowest BCUT2D eigenvalue weighted by Gasteiger charge is -2.37. The Hall–Kier alpha value is -3.13. The zero-order valence-corrected chi connectivity index (χ0v) is 22.5. The molecule has 1 aliphatic heterocycles. The number of benzene rings is 2. The third-order valence-electron chi connectivity index (χ3n) is 6.08. The van der Waals surface area contributed by atoms with Crippen LogP contribution in [0, 0.1) is 23.6 Å². The van der Waals surface area contributed by atoms with Gasteiger partial charge in [0.05, 0.1) is 13.2 Å². The van der Waals surface area contributed by atoms with E-state index in [9.17, 15) is 22.7 Å². The Morgan fingerprint density at radius 1 is 1.19 bits per heavy atom. The van der Waals surface area contributed by atoms with E-state index in [0.29, 0.717) is 11.1 Å². The van der Waals surface area contributed by atoms with Crippen molar-refractivity contribution in [2.24, 2.45) is 5.92 Å². The van der Waals surface area contributed by atoms with Crippen LogP contribution in [0.3, 0.4) is 0 Å². The van der Waals surface area contributed by atoms with Gasteiger partial charge in [0.25, 0.3) is 0 Å². The molecule has 1 heterocycles. The molecule has 37 heavy (non-hydrogen) atoms. The smallest absolute Gasteiger partial charge is 0.317 e. The van der Waals surface area contributed by atoms with Crippen molar-refractivity contribution in [3.8, 4) is 17.6 Å². The average molecular weight is 532 g/mol. The van der Waals surface area contributed by atoms with Crippen LogP contribution in [0.1, 0.15) is 38.8 Å². The predicted octanol–water partition coefficient (Wildman–Crippen LogP) is 3.04. The van der Waals surface area contributed by atoms with Crippen LogP contribution in [-0.4, -0.2) is 73.7 Å². The lowest BCUT2D eigenvalue weighted by Crippen LogP contribution is -2.51. The summed E-state index contributed by atoms with van der Waals surface area (Å²) in [6, 6.07) is 9.37. The highest BCUT2D eigenvalue weighted by Crippen LogP contribution is 2.34. The number of halogens is 1. The van der Waals surface area contributed by atoms with Crippen molar-refractivity contribution in [1.82, 2.24) is 14.5 Å². The number of amides is 2. The van der Waals surface area contributed by atoms with Crippen LogP contribution in [0.5, 0.6) is 5.75 Å². The van der Waals surface area contributed by atoms with Crippen LogP contribution in [-0.2, 0) is 10.0 Å². The first-order valence-corrected chi connectivity index (χ1v) is 13.6. The van der Waals surface area contributed by atoms with Crippen LogP contribution >= 0.6 is 0 Å². The van der Waals surface area contributed by atoms with Crippen LogP contribution in [0.2, 0.25) is 0 Å². The third kappa shape index (κ3) is 7.01. The van der Waals surface area contributed by atoms with Crippen molar-refractivity contribution in [3.05, 3.63) is 59.4 Å². The van der Waals surface area contributed by atoms with Crippen molar-refractivity contribution >= 4 is 16.1 Å². The van der Waals surface area contributed by atoms with Gasteiger partial charge in [0.15, 0.2) is 0 Å². The number of carbonyl (C=O) groups is 1. The molecule has 2 amide bonds. The molecule has 0 fully saturated rings. The van der Waals surface area contributed by atoms with Crippen molar-refractivity contribution in [2.45, 2.75) is 50.8 Å². The minimum Gasteiger partial charge on any atom is -0.487 e. The fourth-order valence-electron chi connectivity index (χ4n) is 3.91. The fourth-order valence-corrected chi connectivity index (χ4v) is 5.73. The molecular weight excluding hydrogens is 497 g/mol. The van der Waals surface area contributed by atoms with Gasteiger partial charge in [0, 0.05) is 42.7 Å². The molecule has 2 N–H and O–H groups in total. The van der Waals surface area contributed by atoms with Gasteiger partial charge in [0.2, 0.25) is 10.0 Å². The topological polar surface area (TPSA) is 99.2 Å². The van der Waals surface area contributed by atoms with Gasteiger partial charge in [-0.3, -0.25) is 0 Å². The lowest BCUT2D eigenvalue weighted by atomic mass is 10.0. The number of urea groups is 1. The van der Waals surface area contributed by atoms with E-state index in [2.05, 4.69) is 17.2 Å². The van der Waals surface area contributed by atoms with Gasteiger partial charge in [-0.15, -0.1) is 0 Å². The predicted molar refractivity (Wildman–Crippen MR) is 139 cm³/mol. The molecule has 1 aliphatic rings. The summed E-state index contributed by atoms with van der Waals surface area (Å²) in [6.07, 6.45) is -0.536. The SMILES string of the molecule is CC(C)NC(=O)N(C)C[C@@H]1Oc2cc(C#Cc3ccc(F)cc3)ccc2S(=O)(=O)N([C@H](C)CO)C[C@H]1C. The number of hydrogen-bond donors (Lipinski definition) is 2. The van der Waals surface area contributed by atoms with Gasteiger partial charge in [-0.05, 0) is 63.2 Å². The Morgan fingerprint density at radius 2 is 1.81 bits per heavy atom. The summed E-state index contributed by atoms with van der Waals surface area (Å²) >= 11 is 0. The molecule has 2 aromatic rings. The number of fused-ring (bicyclic) bond motifs is 1. The summed E-state index contributed by atoms with van der Waals surface area (Å²) in [5.74, 6) is 5.36. The lowest BCUT2D eigenvalue weighted by molar-refractivity contribution is 0.0809. The van der Waals surface area contributed by atoms with Gasteiger partial charge < -0.3 is 20.1 Å². The summed E-state index contributed by atoms with van der Waals surface area (Å²) in [4.78, 5) is 14.0. The molecular formula is C27H34FN3O5S. The van der Waals surface area contributed by atoms with Gasteiger partial charge >= 0.3 is 6.03 Å². The molecule has 200 valence electrons. The molecule has 3 atom stereocenters. The Labute approximate surface area is 218 Å². The first-order valence-electron chi connectivity index (χ1n) is 12.1. The molecule has 8 nitrogen and oxygen atoms in total. The van der Waals surface area contributed by atoms with Gasteiger partial charge in [0.1, 0.15) is 22.6 Å². The molecule has 0 saturated heterocycles. The second kappa shape index (κ2) is 11.9. The molecule has 2 aromatic carbocycles. The summed E-state index contributed by atoms with van der Waals surface area (Å²) in [6.45, 7) is 7.21. The maximum absolute atomic E-state index is 13.6. The van der Waals surface area contributed by atoms with E-state index in [-0.39, 0.29) is 54.1 Å². The van der Waals surface area contributed by atoms with E-state index in [1.54, 1.807) is 38.2 Å². The number of sulfonamides is 1. The van der Waals surface area contributed by atoms with E-state index in [0.717, 1.165) is 0 Å². The molecule has 0 saturated carbocycles. The van der Waals surface area contributed by atoms with E-state index < -0.39 is 22.2 Å². The standard InChI is InChI=1S/C27H34FN3O5S/c1-18(2)29-27(33)30(5)16-25-19(3)15-31(20(4)17-32)37(34,35)26-13-10-22(14-24(26)36-25)7-6-21-8-11-23(28)12-9-21/h8-14,18-20,25,32H,15-17H2,1-5H3,(H,29,33)/t19-,20-,25+/m1/s1. The minimum absolute atomic E-state index is 0.0358. The number of nitrogens with one attached hydrogen (secondary N) is 1. The molecule has 0 aromatic heterocycles.